The largest absolute Gasteiger partial charge is 0.444 e. The Bertz CT molecular complexity index is 657. The second kappa shape index (κ2) is 7.97. The van der Waals surface area contributed by atoms with Crippen molar-refractivity contribution in [2.75, 3.05) is 19.6 Å². The Kier molecular flexibility index (Phi) is 6.25. The third kappa shape index (κ3) is 4.94. The van der Waals surface area contributed by atoms with Gasteiger partial charge >= 0.3 is 6.09 Å². The van der Waals surface area contributed by atoms with Crippen LogP contribution in [0.25, 0.3) is 0 Å². The standard InChI is InChI=1S/C19H32N4O5/c1-12(2)9-19(11-22(16(19)26)10-14(20)24)21-15(25)13-7-6-8-23(13)17(27)28-18(3,4)5/h12-13H,6-11H2,1-5H3,(H2,20,24)(H,21,25). The average molecular weight is 396 g/mol. The van der Waals surface area contributed by atoms with Crippen LogP contribution in [0.4, 0.5) is 4.79 Å². The van der Waals surface area contributed by atoms with E-state index in [2.05, 4.69) is 5.32 Å². The quantitative estimate of drug-likeness (QED) is 0.637. The highest BCUT2D eigenvalue weighted by atomic mass is 16.6. The number of amides is 4. The number of hydrogen-bond acceptors (Lipinski definition) is 5. The molecule has 2 atom stereocenters. The van der Waals surface area contributed by atoms with Gasteiger partial charge < -0.3 is 20.7 Å². The summed E-state index contributed by atoms with van der Waals surface area (Å²) >= 11 is 0. The maximum absolute atomic E-state index is 13.0. The van der Waals surface area contributed by atoms with Crippen LogP contribution in [0.15, 0.2) is 0 Å². The van der Waals surface area contributed by atoms with E-state index in [-0.39, 0.29) is 30.8 Å². The Morgan fingerprint density at radius 1 is 1.32 bits per heavy atom. The molecule has 28 heavy (non-hydrogen) atoms. The lowest BCUT2D eigenvalue weighted by Gasteiger charge is -2.50. The molecule has 2 unspecified atom stereocenters. The first-order valence-electron chi connectivity index (χ1n) is 9.74. The minimum absolute atomic E-state index is 0.158. The van der Waals surface area contributed by atoms with Crippen LogP contribution >= 0.6 is 0 Å². The molecule has 0 radical (unpaired) electrons. The highest BCUT2D eigenvalue weighted by Crippen LogP contribution is 2.31. The fourth-order valence-electron chi connectivity index (χ4n) is 3.88. The van der Waals surface area contributed by atoms with Crippen molar-refractivity contribution in [3.05, 3.63) is 0 Å². The third-order valence-corrected chi connectivity index (χ3v) is 4.81. The van der Waals surface area contributed by atoms with Gasteiger partial charge in [0.05, 0.1) is 13.1 Å². The molecular formula is C19H32N4O5. The van der Waals surface area contributed by atoms with Gasteiger partial charge in [-0.05, 0) is 46.0 Å². The molecule has 2 saturated heterocycles. The molecule has 0 saturated carbocycles. The maximum atomic E-state index is 13.0. The van der Waals surface area contributed by atoms with E-state index in [1.807, 2.05) is 13.8 Å². The van der Waals surface area contributed by atoms with Gasteiger partial charge in [-0.3, -0.25) is 19.3 Å². The van der Waals surface area contributed by atoms with Crippen LogP contribution in [0.2, 0.25) is 0 Å². The van der Waals surface area contributed by atoms with Gasteiger partial charge in [0.1, 0.15) is 17.2 Å². The summed E-state index contributed by atoms with van der Waals surface area (Å²) in [7, 11) is 0. The Labute approximate surface area is 165 Å². The van der Waals surface area contributed by atoms with E-state index in [4.69, 9.17) is 10.5 Å². The molecular weight excluding hydrogens is 364 g/mol. The van der Waals surface area contributed by atoms with Crippen LogP contribution in [0, 0.1) is 5.92 Å². The minimum Gasteiger partial charge on any atom is -0.444 e. The SMILES string of the molecule is CC(C)CC1(NC(=O)C2CCCN2C(=O)OC(C)(C)C)CN(CC(N)=O)C1=O. The molecule has 0 aromatic rings. The second-order valence-electron chi connectivity index (χ2n) is 9.13. The van der Waals surface area contributed by atoms with Crippen LogP contribution in [-0.4, -0.2) is 70.4 Å². The molecule has 0 spiro atoms. The topological polar surface area (TPSA) is 122 Å². The zero-order valence-corrected chi connectivity index (χ0v) is 17.4. The number of likely N-dealkylation sites (tertiary alicyclic amines) is 2. The highest BCUT2D eigenvalue weighted by Gasteiger charge is 2.54. The molecule has 9 heteroatoms. The zero-order valence-electron chi connectivity index (χ0n) is 17.4. The van der Waals surface area contributed by atoms with Gasteiger partial charge in [0, 0.05) is 6.54 Å². The smallest absolute Gasteiger partial charge is 0.410 e. The Hall–Kier alpha value is -2.32. The van der Waals surface area contributed by atoms with Gasteiger partial charge in [0.25, 0.3) is 5.91 Å². The van der Waals surface area contributed by atoms with Gasteiger partial charge in [0.2, 0.25) is 11.8 Å². The molecule has 0 aromatic heterocycles. The van der Waals surface area contributed by atoms with Crippen molar-refractivity contribution in [2.24, 2.45) is 11.7 Å². The molecule has 0 bridgehead atoms. The first-order valence-corrected chi connectivity index (χ1v) is 9.74. The van der Waals surface area contributed by atoms with E-state index >= 15 is 0 Å². The second-order valence-corrected chi connectivity index (χ2v) is 9.13. The van der Waals surface area contributed by atoms with E-state index in [9.17, 15) is 19.2 Å². The Morgan fingerprint density at radius 2 is 1.96 bits per heavy atom. The lowest BCUT2D eigenvalue weighted by molar-refractivity contribution is -0.159. The van der Waals surface area contributed by atoms with Gasteiger partial charge in [-0.15, -0.1) is 0 Å². The van der Waals surface area contributed by atoms with Crippen molar-refractivity contribution in [3.8, 4) is 0 Å². The van der Waals surface area contributed by atoms with Crippen LogP contribution < -0.4 is 11.1 Å². The van der Waals surface area contributed by atoms with Crippen LogP contribution in [0.1, 0.15) is 53.9 Å². The number of carbonyl (C=O) groups excluding carboxylic acids is 4. The lowest BCUT2D eigenvalue weighted by atomic mass is 9.80. The predicted molar refractivity (Wildman–Crippen MR) is 102 cm³/mol. The molecule has 2 rings (SSSR count). The van der Waals surface area contributed by atoms with Crippen LogP contribution in [-0.2, 0) is 19.1 Å². The summed E-state index contributed by atoms with van der Waals surface area (Å²) < 4.78 is 5.40. The summed E-state index contributed by atoms with van der Waals surface area (Å²) in [6.07, 6.45) is 1.13. The molecule has 2 aliphatic rings. The number of nitrogens with one attached hydrogen (secondary N) is 1. The van der Waals surface area contributed by atoms with Crippen molar-refractivity contribution in [1.82, 2.24) is 15.1 Å². The Balaban J connectivity index is 2.10. The summed E-state index contributed by atoms with van der Waals surface area (Å²) in [6.45, 7) is 9.74. The number of primary amides is 1. The maximum Gasteiger partial charge on any atom is 0.410 e. The highest BCUT2D eigenvalue weighted by molar-refractivity contribution is 6.00. The fourth-order valence-corrected chi connectivity index (χ4v) is 3.88. The van der Waals surface area contributed by atoms with E-state index in [0.29, 0.717) is 25.8 Å². The van der Waals surface area contributed by atoms with Gasteiger partial charge in [-0.1, -0.05) is 13.8 Å². The van der Waals surface area contributed by atoms with Crippen molar-refractivity contribution in [3.63, 3.8) is 0 Å². The van der Waals surface area contributed by atoms with Crippen LogP contribution in [0.5, 0.6) is 0 Å². The van der Waals surface area contributed by atoms with Gasteiger partial charge in [0.15, 0.2) is 0 Å². The number of ether oxygens (including phenoxy) is 1. The van der Waals surface area contributed by atoms with E-state index in [0.717, 1.165) is 0 Å². The molecule has 3 N–H and O–H groups in total. The van der Waals surface area contributed by atoms with E-state index in [1.54, 1.807) is 20.8 Å². The van der Waals surface area contributed by atoms with Crippen molar-refractivity contribution < 1.29 is 23.9 Å². The number of β-lactam (4-membered cyclic amide) rings is 1. The summed E-state index contributed by atoms with van der Waals surface area (Å²) in [5.74, 6) is -1.11. The van der Waals surface area contributed by atoms with Crippen molar-refractivity contribution in [1.29, 1.82) is 0 Å². The summed E-state index contributed by atoms with van der Waals surface area (Å²) in [6, 6.07) is -0.670. The summed E-state index contributed by atoms with van der Waals surface area (Å²) in [5.41, 5.74) is 3.47. The zero-order chi connectivity index (χ0) is 21.3. The fraction of sp³-hybridized carbons (Fsp3) is 0.789. The van der Waals surface area contributed by atoms with Crippen molar-refractivity contribution >= 4 is 23.8 Å². The third-order valence-electron chi connectivity index (χ3n) is 4.81. The number of nitrogens with two attached hydrogens (primary N) is 1. The minimum atomic E-state index is -1.05. The van der Waals surface area contributed by atoms with Gasteiger partial charge in [-0.2, -0.15) is 0 Å². The van der Waals surface area contributed by atoms with E-state index in [1.165, 1.54) is 9.80 Å². The lowest BCUT2D eigenvalue weighted by Crippen LogP contribution is -2.76. The van der Waals surface area contributed by atoms with Crippen LogP contribution in [0.3, 0.4) is 0 Å². The number of nitrogens with zero attached hydrogens (tertiary/aromatic N) is 2. The monoisotopic (exact) mass is 396 g/mol. The van der Waals surface area contributed by atoms with Crippen molar-refractivity contribution in [2.45, 2.75) is 71.1 Å². The van der Waals surface area contributed by atoms with E-state index < -0.39 is 29.2 Å². The molecule has 158 valence electrons. The first-order chi connectivity index (χ1) is 12.8. The molecule has 0 aliphatic carbocycles. The molecule has 2 heterocycles. The summed E-state index contributed by atoms with van der Waals surface area (Å²) in [4.78, 5) is 52.0. The molecule has 9 nitrogen and oxygen atoms in total. The predicted octanol–water partition coefficient (Wildman–Crippen LogP) is 0.615. The molecule has 4 amide bonds. The number of carbonyl (C=O) groups is 4. The molecule has 0 aromatic carbocycles. The van der Waals surface area contributed by atoms with Gasteiger partial charge in [-0.25, -0.2) is 4.79 Å². The molecule has 2 aliphatic heterocycles. The molecule has 2 fully saturated rings. The Morgan fingerprint density at radius 3 is 2.46 bits per heavy atom. The number of rotatable bonds is 6. The first kappa shape index (κ1) is 22.0. The average Bonchev–Trinajstić information content (AvgIpc) is 3.01. The normalized spacial score (nSPS) is 24.9. The number of hydrogen-bond donors (Lipinski definition) is 2. The summed E-state index contributed by atoms with van der Waals surface area (Å²) in [5, 5.41) is 2.87.